The molecule has 48 valence electrons. The molecule has 0 aromatic carbocycles. The first-order valence-corrected chi connectivity index (χ1v) is 3.00. The topological polar surface area (TPSA) is 9.23 Å². The normalized spacial score (nSPS) is 11.5. The molecule has 0 N–H and O–H groups in total. The number of hydrogen-bond donors (Lipinski definition) is 0. The molecular weight excluding hydrogens is 100 g/mol. The summed E-state index contributed by atoms with van der Waals surface area (Å²) >= 11 is 0. The Morgan fingerprint density at radius 1 is 1.50 bits per heavy atom. The Balaban J connectivity index is 2.93. The predicted molar refractivity (Wildman–Crippen MR) is 35.9 cm³/mol. The van der Waals surface area contributed by atoms with Gasteiger partial charge in [0.05, 0.1) is 12.7 Å². The molecule has 0 aliphatic carbocycles. The number of allylic oxidation sites excluding steroid dienone is 1. The molecule has 0 aromatic heterocycles. The molecule has 0 atom stereocenters. The van der Waals surface area contributed by atoms with Gasteiger partial charge in [-0.05, 0) is 20.8 Å². The lowest BCUT2D eigenvalue weighted by molar-refractivity contribution is 0.102. The molecule has 0 amide bonds. The molecule has 1 nitrogen and oxygen atoms in total. The van der Waals surface area contributed by atoms with E-state index in [2.05, 4.69) is 0 Å². The van der Waals surface area contributed by atoms with Crippen molar-refractivity contribution in [3.63, 3.8) is 0 Å². The maximum absolute atomic E-state index is 5.20. The summed E-state index contributed by atoms with van der Waals surface area (Å²) in [6.07, 6.45) is 4.34. The average Bonchev–Trinajstić information content (AvgIpc) is 1.66. The standard InChI is InChI=1S/C7H14O/c1-4-5-6-8-7(2)3/h4-5,7H,6H2,1-3H3. The van der Waals surface area contributed by atoms with E-state index in [4.69, 9.17) is 4.74 Å². The summed E-state index contributed by atoms with van der Waals surface area (Å²) in [6.45, 7) is 6.80. The summed E-state index contributed by atoms with van der Waals surface area (Å²) in [6, 6.07) is 0. The largest absolute Gasteiger partial charge is 0.375 e. The van der Waals surface area contributed by atoms with Gasteiger partial charge in [0.15, 0.2) is 0 Å². The highest BCUT2D eigenvalue weighted by molar-refractivity contribution is 4.75. The summed E-state index contributed by atoms with van der Waals surface area (Å²) < 4.78 is 5.20. The van der Waals surface area contributed by atoms with Crippen molar-refractivity contribution in [3.8, 4) is 0 Å². The summed E-state index contributed by atoms with van der Waals surface area (Å²) in [5.74, 6) is 0. The Bertz CT molecular complexity index is 64.8. The zero-order chi connectivity index (χ0) is 6.41. The van der Waals surface area contributed by atoms with Crippen LogP contribution in [0.15, 0.2) is 12.2 Å². The fraction of sp³-hybridized carbons (Fsp3) is 0.714. The van der Waals surface area contributed by atoms with Crippen LogP contribution in [-0.2, 0) is 4.74 Å². The fourth-order valence-electron chi connectivity index (χ4n) is 0.344. The van der Waals surface area contributed by atoms with Gasteiger partial charge < -0.3 is 4.74 Å². The first-order valence-electron chi connectivity index (χ1n) is 3.00. The van der Waals surface area contributed by atoms with Crippen molar-refractivity contribution < 1.29 is 4.74 Å². The number of rotatable bonds is 3. The van der Waals surface area contributed by atoms with Gasteiger partial charge in [-0.25, -0.2) is 0 Å². The van der Waals surface area contributed by atoms with Gasteiger partial charge in [-0.15, -0.1) is 0 Å². The molecule has 0 aliphatic heterocycles. The molecule has 0 saturated carbocycles. The van der Waals surface area contributed by atoms with Crippen LogP contribution in [0.2, 0.25) is 0 Å². The quantitative estimate of drug-likeness (QED) is 0.510. The van der Waals surface area contributed by atoms with Gasteiger partial charge in [0.25, 0.3) is 0 Å². The molecule has 0 heterocycles. The van der Waals surface area contributed by atoms with E-state index in [0.717, 1.165) is 6.61 Å². The van der Waals surface area contributed by atoms with Crippen molar-refractivity contribution in [2.75, 3.05) is 6.61 Å². The van der Waals surface area contributed by atoms with Crippen LogP contribution in [0.1, 0.15) is 20.8 Å². The van der Waals surface area contributed by atoms with Crippen LogP contribution in [0.3, 0.4) is 0 Å². The van der Waals surface area contributed by atoms with Crippen LogP contribution < -0.4 is 0 Å². The number of hydrogen-bond acceptors (Lipinski definition) is 1. The summed E-state index contributed by atoms with van der Waals surface area (Å²) in [4.78, 5) is 0. The van der Waals surface area contributed by atoms with Gasteiger partial charge in [-0.1, -0.05) is 12.2 Å². The van der Waals surface area contributed by atoms with Crippen molar-refractivity contribution in [1.82, 2.24) is 0 Å². The van der Waals surface area contributed by atoms with E-state index in [9.17, 15) is 0 Å². The molecule has 0 radical (unpaired) electrons. The second-order valence-corrected chi connectivity index (χ2v) is 1.95. The van der Waals surface area contributed by atoms with E-state index >= 15 is 0 Å². The van der Waals surface area contributed by atoms with E-state index < -0.39 is 0 Å². The van der Waals surface area contributed by atoms with E-state index in [1.807, 2.05) is 32.9 Å². The molecule has 0 spiro atoms. The first kappa shape index (κ1) is 7.70. The van der Waals surface area contributed by atoms with Crippen molar-refractivity contribution in [1.29, 1.82) is 0 Å². The third-order valence-corrected chi connectivity index (χ3v) is 0.761. The van der Waals surface area contributed by atoms with Crippen molar-refractivity contribution in [3.05, 3.63) is 12.2 Å². The SMILES string of the molecule is CC=CCOC(C)C. The molecule has 1 heteroatoms. The number of ether oxygens (including phenoxy) is 1. The van der Waals surface area contributed by atoms with Gasteiger partial charge >= 0.3 is 0 Å². The highest BCUT2D eigenvalue weighted by atomic mass is 16.5. The Kier molecular flexibility index (Phi) is 4.67. The van der Waals surface area contributed by atoms with Gasteiger partial charge in [0.2, 0.25) is 0 Å². The lowest BCUT2D eigenvalue weighted by atomic mass is 10.5. The third kappa shape index (κ3) is 5.70. The summed E-state index contributed by atoms with van der Waals surface area (Å²) in [5.41, 5.74) is 0. The maximum atomic E-state index is 5.20. The predicted octanol–water partition coefficient (Wildman–Crippen LogP) is 1.99. The van der Waals surface area contributed by atoms with Crippen LogP contribution in [0, 0.1) is 0 Å². The zero-order valence-electron chi connectivity index (χ0n) is 5.85. The molecule has 0 unspecified atom stereocenters. The first-order chi connectivity index (χ1) is 3.77. The van der Waals surface area contributed by atoms with Gasteiger partial charge in [-0.2, -0.15) is 0 Å². The molecule has 0 aliphatic rings. The van der Waals surface area contributed by atoms with E-state index in [0.29, 0.717) is 6.10 Å². The lowest BCUT2D eigenvalue weighted by Gasteiger charge is -2.01. The highest BCUT2D eigenvalue weighted by Gasteiger charge is 1.85. The van der Waals surface area contributed by atoms with Crippen molar-refractivity contribution in [2.45, 2.75) is 26.9 Å². The average molecular weight is 114 g/mol. The highest BCUT2D eigenvalue weighted by Crippen LogP contribution is 1.86. The van der Waals surface area contributed by atoms with E-state index in [1.54, 1.807) is 0 Å². The minimum absolute atomic E-state index is 0.353. The van der Waals surface area contributed by atoms with E-state index in [1.165, 1.54) is 0 Å². The third-order valence-electron chi connectivity index (χ3n) is 0.761. The second kappa shape index (κ2) is 4.85. The fourth-order valence-corrected chi connectivity index (χ4v) is 0.344. The Hall–Kier alpha value is -0.300. The molecule has 8 heavy (non-hydrogen) atoms. The molecule has 0 rings (SSSR count). The summed E-state index contributed by atoms with van der Waals surface area (Å²) in [5, 5.41) is 0. The Morgan fingerprint density at radius 2 is 2.12 bits per heavy atom. The molecule has 0 bridgehead atoms. The monoisotopic (exact) mass is 114 g/mol. The smallest absolute Gasteiger partial charge is 0.0650 e. The Labute approximate surface area is 51.4 Å². The van der Waals surface area contributed by atoms with Crippen molar-refractivity contribution >= 4 is 0 Å². The Morgan fingerprint density at radius 3 is 2.50 bits per heavy atom. The van der Waals surface area contributed by atoms with Crippen LogP contribution in [0.5, 0.6) is 0 Å². The summed E-state index contributed by atoms with van der Waals surface area (Å²) in [7, 11) is 0. The minimum Gasteiger partial charge on any atom is -0.375 e. The second-order valence-electron chi connectivity index (χ2n) is 1.95. The van der Waals surface area contributed by atoms with Gasteiger partial charge in [0, 0.05) is 0 Å². The van der Waals surface area contributed by atoms with Crippen LogP contribution in [-0.4, -0.2) is 12.7 Å². The zero-order valence-corrected chi connectivity index (χ0v) is 5.85. The minimum atomic E-state index is 0.353. The van der Waals surface area contributed by atoms with Crippen LogP contribution >= 0.6 is 0 Å². The van der Waals surface area contributed by atoms with Crippen LogP contribution in [0.25, 0.3) is 0 Å². The molecule has 0 saturated heterocycles. The molecular formula is C7H14O. The van der Waals surface area contributed by atoms with Gasteiger partial charge in [-0.3, -0.25) is 0 Å². The van der Waals surface area contributed by atoms with Gasteiger partial charge in [0.1, 0.15) is 0 Å². The molecule has 0 fully saturated rings. The lowest BCUT2D eigenvalue weighted by Crippen LogP contribution is -2.01. The molecule has 0 aromatic rings. The van der Waals surface area contributed by atoms with Crippen LogP contribution in [0.4, 0.5) is 0 Å². The maximum Gasteiger partial charge on any atom is 0.0650 e. The van der Waals surface area contributed by atoms with E-state index in [-0.39, 0.29) is 0 Å². The van der Waals surface area contributed by atoms with Crippen molar-refractivity contribution in [2.24, 2.45) is 0 Å².